The first-order valence-corrected chi connectivity index (χ1v) is 6.07. The molecule has 0 fully saturated rings. The number of halogens is 1. The summed E-state index contributed by atoms with van der Waals surface area (Å²) in [6, 6.07) is 13.7. The molecule has 2 aromatic carbocycles. The molecule has 0 atom stereocenters. The Morgan fingerprint density at radius 1 is 1.05 bits per heavy atom. The molecule has 2 rings (SSSR count). The van der Waals surface area contributed by atoms with E-state index >= 15 is 0 Å². The van der Waals surface area contributed by atoms with E-state index in [2.05, 4.69) is 5.32 Å². The van der Waals surface area contributed by atoms with Gasteiger partial charge in [0.2, 0.25) is 0 Å². The topological polar surface area (TPSA) is 59.6 Å². The van der Waals surface area contributed by atoms with Gasteiger partial charge in [0.15, 0.2) is 0 Å². The van der Waals surface area contributed by atoms with Crippen molar-refractivity contribution >= 4 is 5.69 Å². The highest BCUT2D eigenvalue weighted by Crippen LogP contribution is 2.17. The maximum Gasteiger partial charge on any atom is 0.128 e. The van der Waals surface area contributed by atoms with Gasteiger partial charge >= 0.3 is 0 Å². The van der Waals surface area contributed by atoms with Crippen LogP contribution in [0.4, 0.5) is 10.1 Å². The number of nitrogens with one attached hydrogen (secondary N) is 1. The zero-order chi connectivity index (χ0) is 14.5. The van der Waals surface area contributed by atoms with Crippen LogP contribution in [0.2, 0.25) is 0 Å². The Labute approximate surface area is 116 Å². The maximum absolute atomic E-state index is 13.6. The van der Waals surface area contributed by atoms with Gasteiger partial charge in [0.1, 0.15) is 18.0 Å². The molecule has 0 saturated heterocycles. The van der Waals surface area contributed by atoms with Crippen molar-refractivity contribution in [2.75, 3.05) is 5.32 Å². The van der Waals surface area contributed by atoms with Crippen molar-refractivity contribution < 1.29 is 4.39 Å². The third-order valence-electron chi connectivity index (χ3n) is 2.94. The minimum atomic E-state index is -0.266. The van der Waals surface area contributed by atoms with E-state index in [9.17, 15) is 4.39 Å². The summed E-state index contributed by atoms with van der Waals surface area (Å²) in [5, 5.41) is 20.8. The maximum atomic E-state index is 13.6. The molecule has 0 aliphatic rings. The van der Waals surface area contributed by atoms with Gasteiger partial charge in [-0.2, -0.15) is 10.5 Å². The molecular formula is C16H12FN3. The Kier molecular flexibility index (Phi) is 3.98. The highest BCUT2D eigenvalue weighted by Gasteiger charge is 2.05. The molecule has 4 heteroatoms. The summed E-state index contributed by atoms with van der Waals surface area (Å²) in [5.41, 5.74) is 2.87. The molecule has 0 bridgehead atoms. The quantitative estimate of drug-likeness (QED) is 0.924. The van der Waals surface area contributed by atoms with Gasteiger partial charge in [0.25, 0.3) is 0 Å². The number of rotatable bonds is 3. The van der Waals surface area contributed by atoms with Gasteiger partial charge in [-0.25, -0.2) is 4.39 Å². The molecule has 0 saturated carbocycles. The van der Waals surface area contributed by atoms with Crippen molar-refractivity contribution in [2.45, 2.75) is 13.5 Å². The van der Waals surface area contributed by atoms with Crippen LogP contribution in [0.5, 0.6) is 0 Å². The smallest absolute Gasteiger partial charge is 0.128 e. The molecule has 98 valence electrons. The minimum absolute atomic E-state index is 0.266. The molecule has 0 aliphatic heterocycles. The summed E-state index contributed by atoms with van der Waals surface area (Å²) < 4.78 is 13.6. The fourth-order valence-corrected chi connectivity index (χ4v) is 1.88. The molecule has 0 heterocycles. The first kappa shape index (κ1) is 13.6. The van der Waals surface area contributed by atoms with Crippen LogP contribution >= 0.6 is 0 Å². The lowest BCUT2D eigenvalue weighted by Crippen LogP contribution is -2.02. The van der Waals surface area contributed by atoms with Gasteiger partial charge in [0, 0.05) is 17.8 Å². The second kappa shape index (κ2) is 5.86. The molecule has 0 radical (unpaired) electrons. The molecule has 1 N–H and O–H groups in total. The second-order valence-electron chi connectivity index (χ2n) is 4.43. The van der Waals surface area contributed by atoms with E-state index in [-0.39, 0.29) is 5.82 Å². The normalized spacial score (nSPS) is 9.60. The Bertz CT molecular complexity index is 723. The van der Waals surface area contributed by atoms with Gasteiger partial charge in [0.05, 0.1) is 11.1 Å². The van der Waals surface area contributed by atoms with E-state index in [1.165, 1.54) is 6.07 Å². The Morgan fingerprint density at radius 3 is 2.50 bits per heavy atom. The van der Waals surface area contributed by atoms with Gasteiger partial charge in [-0.3, -0.25) is 0 Å². The molecule has 0 unspecified atom stereocenters. The van der Waals surface area contributed by atoms with Crippen LogP contribution < -0.4 is 5.32 Å². The van der Waals surface area contributed by atoms with Gasteiger partial charge in [-0.1, -0.05) is 17.7 Å². The predicted octanol–water partition coefficient (Wildman–Crippen LogP) is 3.49. The average Bonchev–Trinajstić information content (AvgIpc) is 2.47. The number of benzene rings is 2. The largest absolute Gasteiger partial charge is 0.381 e. The van der Waals surface area contributed by atoms with Crippen molar-refractivity contribution in [1.82, 2.24) is 0 Å². The monoisotopic (exact) mass is 265 g/mol. The molecule has 2 aromatic rings. The second-order valence-corrected chi connectivity index (χ2v) is 4.43. The molecule has 3 nitrogen and oxygen atoms in total. The predicted molar refractivity (Wildman–Crippen MR) is 74.3 cm³/mol. The molecule has 0 spiro atoms. The zero-order valence-electron chi connectivity index (χ0n) is 10.9. The lowest BCUT2D eigenvalue weighted by Gasteiger charge is -2.09. The fourth-order valence-electron chi connectivity index (χ4n) is 1.88. The molecule has 0 amide bonds. The number of anilines is 1. The Morgan fingerprint density at radius 2 is 1.80 bits per heavy atom. The minimum Gasteiger partial charge on any atom is -0.381 e. The van der Waals surface area contributed by atoms with E-state index in [0.29, 0.717) is 28.9 Å². The third kappa shape index (κ3) is 2.93. The van der Waals surface area contributed by atoms with Crippen molar-refractivity contribution in [3.63, 3.8) is 0 Å². The van der Waals surface area contributed by atoms with Crippen LogP contribution in [-0.2, 0) is 6.54 Å². The van der Waals surface area contributed by atoms with Crippen molar-refractivity contribution in [1.29, 1.82) is 10.5 Å². The lowest BCUT2D eigenvalue weighted by atomic mass is 10.1. The average molecular weight is 265 g/mol. The van der Waals surface area contributed by atoms with Crippen molar-refractivity contribution in [3.8, 4) is 12.1 Å². The number of aryl methyl sites for hydroxylation is 1. The number of nitrogens with zero attached hydrogens (tertiary/aromatic N) is 2. The van der Waals surface area contributed by atoms with Crippen LogP contribution in [0.15, 0.2) is 36.4 Å². The van der Waals surface area contributed by atoms with Gasteiger partial charge in [-0.15, -0.1) is 0 Å². The highest BCUT2D eigenvalue weighted by atomic mass is 19.1. The molecule has 20 heavy (non-hydrogen) atoms. The van der Waals surface area contributed by atoms with Crippen molar-refractivity contribution in [2.24, 2.45) is 0 Å². The van der Waals surface area contributed by atoms with E-state index in [0.717, 1.165) is 5.56 Å². The standard InChI is InChI=1S/C16H12FN3/c1-11-2-5-16(17)14(6-11)10-20-15-4-3-12(8-18)13(7-15)9-19/h2-7,20H,10H2,1H3. The zero-order valence-corrected chi connectivity index (χ0v) is 10.9. The summed E-state index contributed by atoms with van der Waals surface area (Å²) in [5.74, 6) is -0.266. The summed E-state index contributed by atoms with van der Waals surface area (Å²) in [7, 11) is 0. The van der Waals surface area contributed by atoms with Crippen LogP contribution in [-0.4, -0.2) is 0 Å². The van der Waals surface area contributed by atoms with Crippen molar-refractivity contribution in [3.05, 3.63) is 64.5 Å². The number of hydrogen-bond donors (Lipinski definition) is 1. The summed E-state index contributed by atoms with van der Waals surface area (Å²) in [6.45, 7) is 2.22. The Balaban J connectivity index is 2.18. The number of hydrogen-bond acceptors (Lipinski definition) is 3. The Hall–Kier alpha value is -2.85. The third-order valence-corrected chi connectivity index (χ3v) is 2.94. The molecule has 0 aliphatic carbocycles. The SMILES string of the molecule is Cc1ccc(F)c(CNc2ccc(C#N)c(C#N)c2)c1. The highest BCUT2D eigenvalue weighted by molar-refractivity contribution is 5.56. The number of nitriles is 2. The molecular weight excluding hydrogens is 253 g/mol. The van der Waals surface area contributed by atoms with Gasteiger partial charge in [-0.05, 0) is 31.2 Å². The fraction of sp³-hybridized carbons (Fsp3) is 0.125. The summed E-state index contributed by atoms with van der Waals surface area (Å²) in [4.78, 5) is 0. The lowest BCUT2D eigenvalue weighted by molar-refractivity contribution is 0.612. The summed E-state index contributed by atoms with van der Waals surface area (Å²) in [6.07, 6.45) is 0. The first-order valence-electron chi connectivity index (χ1n) is 6.07. The van der Waals surface area contributed by atoms with Crippen LogP contribution in [0.1, 0.15) is 22.3 Å². The van der Waals surface area contributed by atoms with Crippen LogP contribution in [0.25, 0.3) is 0 Å². The van der Waals surface area contributed by atoms with Gasteiger partial charge < -0.3 is 5.32 Å². The van der Waals surface area contributed by atoms with E-state index in [1.807, 2.05) is 19.1 Å². The first-order chi connectivity index (χ1) is 9.63. The van der Waals surface area contributed by atoms with E-state index in [4.69, 9.17) is 10.5 Å². The van der Waals surface area contributed by atoms with Crippen LogP contribution in [0, 0.1) is 35.4 Å². The van der Waals surface area contributed by atoms with E-state index < -0.39 is 0 Å². The van der Waals surface area contributed by atoms with E-state index in [1.54, 1.807) is 30.3 Å². The molecule has 0 aromatic heterocycles. The summed E-state index contributed by atoms with van der Waals surface area (Å²) >= 11 is 0. The van der Waals surface area contributed by atoms with Crippen LogP contribution in [0.3, 0.4) is 0 Å².